The molecule has 0 aliphatic heterocycles. The van der Waals surface area contributed by atoms with E-state index < -0.39 is 29.0 Å². The molecule has 0 aliphatic rings. The molecule has 0 spiro atoms. The average Bonchev–Trinajstić information content (AvgIpc) is 3.37. The second-order valence-electron chi connectivity index (χ2n) is 19.2. The third-order valence-corrected chi connectivity index (χ3v) is 14.4. The van der Waals surface area contributed by atoms with Crippen molar-refractivity contribution >= 4 is 43.6 Å². The Morgan fingerprint density at radius 2 is 0.550 bits per heavy atom. The molecule has 7 nitrogen and oxygen atoms in total. The number of benzene rings is 10. The van der Waals surface area contributed by atoms with Crippen molar-refractivity contribution in [2.24, 2.45) is 0 Å². The van der Waals surface area contributed by atoms with Crippen molar-refractivity contribution in [1.82, 2.24) is 9.13 Å². The predicted octanol–water partition coefficient (Wildman–Crippen LogP) is 17.6. The Labute approximate surface area is 452 Å². The third kappa shape index (κ3) is 8.66. The molecule has 0 radical (unpaired) electrons. The SMILES string of the molecule is N#Cc1cccc(-c2ccc3c(c2)c2cc(-c4cccc(C#N)c4)ccc2n3-c2cc(C#N)cc(-n3c4ccc(-c5cccc(C#N)c5)cc4c4cc(-c5cccc(C#N)c5)ccc43)c2-c2cc(C(F)(F)F)cc(C(F)(F)F)c2)c1. The van der Waals surface area contributed by atoms with Gasteiger partial charge in [0.15, 0.2) is 0 Å². The van der Waals surface area contributed by atoms with Crippen LogP contribution in [0.2, 0.25) is 0 Å². The number of hydrogen-bond acceptors (Lipinski definition) is 5. The fraction of sp³-hybridized carbons (Fsp3) is 0.0299. The van der Waals surface area contributed by atoms with Gasteiger partial charge in [-0.1, -0.05) is 72.8 Å². The third-order valence-electron chi connectivity index (χ3n) is 14.4. The molecule has 378 valence electrons. The molecule has 0 saturated carbocycles. The summed E-state index contributed by atoms with van der Waals surface area (Å²) in [5.74, 6) is 0. The summed E-state index contributed by atoms with van der Waals surface area (Å²) >= 11 is 0. The summed E-state index contributed by atoms with van der Waals surface area (Å²) in [5, 5.41) is 52.9. The fourth-order valence-electron chi connectivity index (χ4n) is 10.8. The number of hydrogen-bond donors (Lipinski definition) is 0. The Balaban J connectivity index is 1.24. The molecule has 0 N–H and O–H groups in total. The number of nitrogens with zero attached hydrogens (tertiary/aromatic N) is 7. The molecule has 2 aromatic heterocycles. The highest BCUT2D eigenvalue weighted by atomic mass is 19.4. The van der Waals surface area contributed by atoms with Crippen LogP contribution in [-0.4, -0.2) is 9.13 Å². The minimum Gasteiger partial charge on any atom is -0.308 e. The highest BCUT2D eigenvalue weighted by molar-refractivity contribution is 6.14. The van der Waals surface area contributed by atoms with E-state index in [0.717, 1.165) is 0 Å². The van der Waals surface area contributed by atoms with Crippen LogP contribution in [0.1, 0.15) is 38.9 Å². The van der Waals surface area contributed by atoms with Gasteiger partial charge in [-0.05, 0) is 177 Å². The molecule has 12 rings (SSSR count). The first-order chi connectivity index (χ1) is 38.6. The van der Waals surface area contributed by atoms with E-state index in [2.05, 4.69) is 30.3 Å². The molecule has 0 atom stereocenters. The lowest BCUT2D eigenvalue weighted by Crippen LogP contribution is -2.12. The molecule has 0 fully saturated rings. The molecule has 0 saturated heterocycles. The Kier molecular flexibility index (Phi) is 11.9. The first-order valence-corrected chi connectivity index (χ1v) is 24.7. The zero-order chi connectivity index (χ0) is 55.6. The summed E-state index contributed by atoms with van der Waals surface area (Å²) in [7, 11) is 0. The van der Waals surface area contributed by atoms with Crippen molar-refractivity contribution in [3.63, 3.8) is 0 Å². The van der Waals surface area contributed by atoms with E-state index in [4.69, 9.17) is 0 Å². The highest BCUT2D eigenvalue weighted by Gasteiger charge is 2.38. The molecule has 12 aromatic rings. The van der Waals surface area contributed by atoms with E-state index in [9.17, 15) is 26.3 Å². The van der Waals surface area contributed by atoms with Crippen molar-refractivity contribution in [1.29, 1.82) is 26.3 Å². The maximum Gasteiger partial charge on any atom is 0.416 e. The zero-order valence-electron chi connectivity index (χ0n) is 41.5. The monoisotopic (exact) mass is 1050 g/mol. The number of rotatable bonds is 7. The summed E-state index contributed by atoms with van der Waals surface area (Å²) in [6, 6.07) is 65.4. The summed E-state index contributed by atoms with van der Waals surface area (Å²) in [5.41, 5.74) is 5.73. The van der Waals surface area contributed by atoms with Gasteiger partial charge in [0.05, 0.1) is 103 Å². The summed E-state index contributed by atoms with van der Waals surface area (Å²) in [6.45, 7) is 0. The van der Waals surface area contributed by atoms with Gasteiger partial charge < -0.3 is 9.13 Å². The Morgan fingerprint density at radius 1 is 0.275 bits per heavy atom. The van der Waals surface area contributed by atoms with Crippen molar-refractivity contribution in [2.45, 2.75) is 12.4 Å². The Hall–Kier alpha value is -11.2. The van der Waals surface area contributed by atoms with Gasteiger partial charge in [0.2, 0.25) is 0 Å². The van der Waals surface area contributed by atoms with Gasteiger partial charge in [-0.3, -0.25) is 0 Å². The lowest BCUT2D eigenvalue weighted by molar-refractivity contribution is -0.143. The van der Waals surface area contributed by atoms with Crippen LogP contribution in [0.4, 0.5) is 26.3 Å². The molecule has 0 amide bonds. The zero-order valence-corrected chi connectivity index (χ0v) is 41.5. The topological polar surface area (TPSA) is 129 Å². The molecule has 0 bridgehead atoms. The van der Waals surface area contributed by atoms with E-state index in [1.807, 2.05) is 72.8 Å². The minimum absolute atomic E-state index is 0.0246. The van der Waals surface area contributed by atoms with E-state index in [0.29, 0.717) is 123 Å². The van der Waals surface area contributed by atoms with Crippen LogP contribution in [-0.2, 0) is 12.4 Å². The molecule has 13 heteroatoms. The molecule has 80 heavy (non-hydrogen) atoms. The molecule has 10 aromatic carbocycles. The van der Waals surface area contributed by atoms with Gasteiger partial charge in [0, 0.05) is 27.1 Å². The maximum absolute atomic E-state index is 15.2. The van der Waals surface area contributed by atoms with Crippen LogP contribution in [0, 0.1) is 56.7 Å². The molecule has 0 unspecified atom stereocenters. The largest absolute Gasteiger partial charge is 0.416 e. The second kappa shape index (κ2) is 19.1. The molecular weight excluding hydrogens is 1020 g/mol. The molecule has 0 aliphatic carbocycles. The average molecular weight is 1050 g/mol. The van der Waals surface area contributed by atoms with Gasteiger partial charge in [-0.15, -0.1) is 0 Å². The number of fused-ring (bicyclic) bond motifs is 6. The number of alkyl halides is 6. The first kappa shape index (κ1) is 49.7. The number of nitriles is 5. The van der Waals surface area contributed by atoms with E-state index in [1.54, 1.807) is 106 Å². The van der Waals surface area contributed by atoms with Crippen LogP contribution in [0.15, 0.2) is 200 Å². The normalized spacial score (nSPS) is 11.6. The summed E-state index contributed by atoms with van der Waals surface area (Å²) < 4.78 is 94.5. The van der Waals surface area contributed by atoms with Crippen LogP contribution < -0.4 is 0 Å². The Bertz CT molecular complexity index is 4310. The van der Waals surface area contributed by atoms with E-state index >= 15 is 26.3 Å². The quantitative estimate of drug-likeness (QED) is 0.147. The fourth-order valence-corrected chi connectivity index (χ4v) is 10.8. The van der Waals surface area contributed by atoms with Gasteiger partial charge >= 0.3 is 12.4 Å². The van der Waals surface area contributed by atoms with Gasteiger partial charge in [-0.25, -0.2) is 0 Å². The van der Waals surface area contributed by atoms with Crippen LogP contribution in [0.5, 0.6) is 0 Å². The highest BCUT2D eigenvalue weighted by Crippen LogP contribution is 2.48. The predicted molar refractivity (Wildman–Crippen MR) is 296 cm³/mol. The molecular formula is C67H33F6N7. The maximum atomic E-state index is 15.2. The number of aromatic nitrogens is 2. The van der Waals surface area contributed by atoms with Crippen molar-refractivity contribution in [3.05, 3.63) is 239 Å². The minimum atomic E-state index is -5.24. The second-order valence-corrected chi connectivity index (χ2v) is 19.2. The Morgan fingerprint density at radius 3 is 0.812 bits per heavy atom. The van der Waals surface area contributed by atoms with Crippen LogP contribution in [0.25, 0.3) is 111 Å². The smallest absolute Gasteiger partial charge is 0.308 e. The lowest BCUT2D eigenvalue weighted by Gasteiger charge is -2.22. The number of halogens is 6. The lowest BCUT2D eigenvalue weighted by atomic mass is 9.94. The van der Waals surface area contributed by atoms with E-state index in [1.165, 1.54) is 12.1 Å². The van der Waals surface area contributed by atoms with Gasteiger partial charge in [0.1, 0.15) is 0 Å². The summed E-state index contributed by atoms with van der Waals surface area (Å²) in [6.07, 6.45) is -10.5. The van der Waals surface area contributed by atoms with Crippen molar-refractivity contribution < 1.29 is 26.3 Å². The van der Waals surface area contributed by atoms with Crippen LogP contribution in [0.3, 0.4) is 0 Å². The van der Waals surface area contributed by atoms with Crippen molar-refractivity contribution in [2.75, 3.05) is 0 Å². The van der Waals surface area contributed by atoms with Gasteiger partial charge in [0.25, 0.3) is 0 Å². The summed E-state index contributed by atoms with van der Waals surface area (Å²) in [4.78, 5) is 0. The molecule has 2 heterocycles. The van der Waals surface area contributed by atoms with Crippen LogP contribution >= 0.6 is 0 Å². The standard InChI is InChI=1S/C67H33F6N7/c68-66(69,70)53-27-52(28-54(33-53)67(71,72)73)65-63(79-59-17-13-48(44-9-1-5-39(21-44)34-74)29-55(59)56-30-49(14-18-60(56)79)45-10-2-6-40(22-45)35-75)25-43(38-78)26-64(65)80-61-19-15-50(46-11-3-7-41(23-46)36-76)31-57(61)58-32-51(16-20-62(58)80)47-12-4-8-42(24-47)37-77/h1-33H. The van der Waals surface area contributed by atoms with Crippen molar-refractivity contribution in [3.8, 4) is 97.4 Å². The first-order valence-electron chi connectivity index (χ1n) is 24.7. The van der Waals surface area contributed by atoms with E-state index in [-0.39, 0.29) is 28.6 Å². The van der Waals surface area contributed by atoms with Gasteiger partial charge in [-0.2, -0.15) is 52.7 Å².